The lowest BCUT2D eigenvalue weighted by Gasteiger charge is -2.03. The van der Waals surface area contributed by atoms with Crippen LogP contribution in [0.4, 0.5) is 5.69 Å². The highest BCUT2D eigenvalue weighted by atomic mass is 32.2. The molecule has 96 valence electrons. The van der Waals surface area contributed by atoms with Gasteiger partial charge in [-0.3, -0.25) is 4.79 Å². The number of anilines is 1. The van der Waals surface area contributed by atoms with Gasteiger partial charge in [0.1, 0.15) is 0 Å². The third kappa shape index (κ3) is 4.25. The summed E-state index contributed by atoms with van der Waals surface area (Å²) in [6, 6.07) is 4.97. The molecular formula is C13H15NO3S. The van der Waals surface area contributed by atoms with Crippen LogP contribution in [0.5, 0.6) is 0 Å². The number of esters is 1. The van der Waals surface area contributed by atoms with Crippen molar-refractivity contribution in [1.29, 1.82) is 0 Å². The molecule has 0 spiro atoms. The Balaban J connectivity index is 2.73. The summed E-state index contributed by atoms with van der Waals surface area (Å²) in [4.78, 5) is 22.0. The molecule has 0 aliphatic heterocycles. The predicted octanol–water partition coefficient (Wildman–Crippen LogP) is 2.35. The number of carbonyl (C=O) groups excluding carboxylic acids is 2. The second-order valence-corrected chi connectivity index (χ2v) is 4.74. The van der Waals surface area contributed by atoms with Crippen molar-refractivity contribution in [3.05, 3.63) is 35.4 Å². The summed E-state index contributed by atoms with van der Waals surface area (Å²) in [5, 5.41) is 0.0775. The van der Waals surface area contributed by atoms with Crippen LogP contribution in [-0.2, 0) is 9.53 Å². The molecule has 0 aromatic heterocycles. The Morgan fingerprint density at radius 3 is 2.72 bits per heavy atom. The van der Waals surface area contributed by atoms with E-state index in [0.717, 1.165) is 5.56 Å². The minimum atomic E-state index is -0.413. The van der Waals surface area contributed by atoms with Crippen LogP contribution in [0.15, 0.2) is 24.3 Å². The standard InChI is InChI=1S/C13H15NO3S/c1-9(15)18-7-3-4-10-5-6-11(8-12(10)14)13(16)17-2/h3-6,8H,7,14H2,1-2H3. The smallest absolute Gasteiger partial charge is 0.337 e. The van der Waals surface area contributed by atoms with Crippen molar-refractivity contribution in [3.63, 3.8) is 0 Å². The largest absolute Gasteiger partial charge is 0.465 e. The van der Waals surface area contributed by atoms with Crippen molar-refractivity contribution in [2.45, 2.75) is 6.92 Å². The maximum atomic E-state index is 11.3. The van der Waals surface area contributed by atoms with Crippen molar-refractivity contribution >= 4 is 34.6 Å². The van der Waals surface area contributed by atoms with Crippen LogP contribution >= 0.6 is 11.8 Å². The summed E-state index contributed by atoms with van der Waals surface area (Å²) in [7, 11) is 1.32. The van der Waals surface area contributed by atoms with E-state index in [1.807, 2.05) is 12.2 Å². The molecule has 5 heteroatoms. The number of carbonyl (C=O) groups is 2. The van der Waals surface area contributed by atoms with E-state index in [0.29, 0.717) is 17.0 Å². The SMILES string of the molecule is COC(=O)c1ccc(C=CCSC(C)=O)c(N)c1. The van der Waals surface area contributed by atoms with E-state index in [-0.39, 0.29) is 5.12 Å². The lowest BCUT2D eigenvalue weighted by atomic mass is 10.1. The molecule has 0 aliphatic carbocycles. The summed E-state index contributed by atoms with van der Waals surface area (Å²) in [6.45, 7) is 1.53. The van der Waals surface area contributed by atoms with Gasteiger partial charge in [-0.1, -0.05) is 30.0 Å². The first-order chi connectivity index (χ1) is 8.54. The molecular weight excluding hydrogens is 250 g/mol. The number of thioether (sulfide) groups is 1. The first kappa shape index (κ1) is 14.3. The van der Waals surface area contributed by atoms with Gasteiger partial charge in [-0.15, -0.1) is 0 Å². The molecule has 0 bridgehead atoms. The number of ether oxygens (including phenoxy) is 1. The van der Waals surface area contributed by atoms with Crippen molar-refractivity contribution in [3.8, 4) is 0 Å². The summed E-state index contributed by atoms with van der Waals surface area (Å²) in [5.41, 5.74) is 7.56. The van der Waals surface area contributed by atoms with Gasteiger partial charge in [0.05, 0.1) is 12.7 Å². The van der Waals surface area contributed by atoms with Gasteiger partial charge in [-0.25, -0.2) is 4.79 Å². The number of benzene rings is 1. The Bertz CT molecular complexity index is 483. The molecule has 0 radical (unpaired) electrons. The molecule has 0 saturated carbocycles. The van der Waals surface area contributed by atoms with Crippen LogP contribution in [0, 0.1) is 0 Å². The van der Waals surface area contributed by atoms with E-state index in [9.17, 15) is 9.59 Å². The minimum Gasteiger partial charge on any atom is -0.465 e. The second-order valence-electron chi connectivity index (χ2n) is 3.54. The van der Waals surface area contributed by atoms with Gasteiger partial charge >= 0.3 is 5.97 Å². The van der Waals surface area contributed by atoms with Crippen LogP contribution < -0.4 is 5.73 Å². The number of nitrogens with two attached hydrogens (primary N) is 1. The molecule has 18 heavy (non-hydrogen) atoms. The second kappa shape index (κ2) is 6.86. The van der Waals surface area contributed by atoms with Gasteiger partial charge in [0.15, 0.2) is 5.12 Å². The lowest BCUT2D eigenvalue weighted by Crippen LogP contribution is -2.02. The van der Waals surface area contributed by atoms with Gasteiger partial charge in [0, 0.05) is 18.4 Å². The van der Waals surface area contributed by atoms with E-state index in [1.54, 1.807) is 18.2 Å². The maximum Gasteiger partial charge on any atom is 0.337 e. The Morgan fingerprint density at radius 1 is 1.44 bits per heavy atom. The zero-order chi connectivity index (χ0) is 13.5. The average Bonchev–Trinajstić information content (AvgIpc) is 2.34. The summed E-state index contributed by atoms with van der Waals surface area (Å²) >= 11 is 1.23. The molecule has 0 saturated heterocycles. The van der Waals surface area contributed by atoms with Crippen molar-refractivity contribution in [2.24, 2.45) is 0 Å². The molecule has 0 unspecified atom stereocenters. The first-order valence-electron chi connectivity index (χ1n) is 5.32. The van der Waals surface area contributed by atoms with Crippen LogP contribution in [0.3, 0.4) is 0 Å². The van der Waals surface area contributed by atoms with Crippen LogP contribution in [0.2, 0.25) is 0 Å². The predicted molar refractivity (Wildman–Crippen MR) is 74.4 cm³/mol. The number of nitrogen functional groups attached to an aromatic ring is 1. The third-order valence-corrected chi connectivity index (χ3v) is 2.95. The Hall–Kier alpha value is -1.75. The van der Waals surface area contributed by atoms with Gasteiger partial charge in [0.2, 0.25) is 0 Å². The fraction of sp³-hybridized carbons (Fsp3) is 0.231. The molecule has 0 aliphatic rings. The lowest BCUT2D eigenvalue weighted by molar-refractivity contribution is -0.109. The van der Waals surface area contributed by atoms with Crippen LogP contribution in [0.25, 0.3) is 6.08 Å². The van der Waals surface area contributed by atoms with E-state index < -0.39 is 5.97 Å². The molecule has 1 rings (SSSR count). The molecule has 1 aromatic rings. The normalized spacial score (nSPS) is 10.6. The van der Waals surface area contributed by atoms with Gasteiger partial charge < -0.3 is 10.5 Å². The fourth-order valence-corrected chi connectivity index (χ4v) is 1.74. The minimum absolute atomic E-state index is 0.0775. The van der Waals surface area contributed by atoms with E-state index in [4.69, 9.17) is 5.73 Å². The molecule has 0 heterocycles. The highest BCUT2D eigenvalue weighted by Crippen LogP contribution is 2.17. The van der Waals surface area contributed by atoms with E-state index >= 15 is 0 Å². The number of hydrogen-bond donors (Lipinski definition) is 1. The number of methoxy groups -OCH3 is 1. The monoisotopic (exact) mass is 265 g/mol. The van der Waals surface area contributed by atoms with E-state index in [1.165, 1.54) is 25.8 Å². The van der Waals surface area contributed by atoms with Gasteiger partial charge in [-0.05, 0) is 17.7 Å². The molecule has 0 fully saturated rings. The maximum absolute atomic E-state index is 11.3. The van der Waals surface area contributed by atoms with Crippen molar-refractivity contribution in [2.75, 3.05) is 18.6 Å². The number of rotatable bonds is 4. The summed E-state index contributed by atoms with van der Waals surface area (Å²) in [5.74, 6) is 0.192. The average molecular weight is 265 g/mol. The highest BCUT2D eigenvalue weighted by Gasteiger charge is 2.06. The number of hydrogen-bond acceptors (Lipinski definition) is 5. The Kier molecular flexibility index (Phi) is 5.45. The van der Waals surface area contributed by atoms with Gasteiger partial charge in [-0.2, -0.15) is 0 Å². The highest BCUT2D eigenvalue weighted by molar-refractivity contribution is 8.13. The summed E-state index contributed by atoms with van der Waals surface area (Å²) < 4.78 is 4.60. The van der Waals surface area contributed by atoms with Crippen molar-refractivity contribution in [1.82, 2.24) is 0 Å². The molecule has 2 N–H and O–H groups in total. The van der Waals surface area contributed by atoms with Gasteiger partial charge in [0.25, 0.3) is 0 Å². The summed E-state index contributed by atoms with van der Waals surface area (Å²) in [6.07, 6.45) is 3.68. The van der Waals surface area contributed by atoms with Crippen molar-refractivity contribution < 1.29 is 14.3 Å². The third-order valence-electron chi connectivity index (χ3n) is 2.19. The fourth-order valence-electron chi connectivity index (χ4n) is 1.31. The first-order valence-corrected chi connectivity index (χ1v) is 6.31. The van der Waals surface area contributed by atoms with Crippen LogP contribution in [-0.4, -0.2) is 23.9 Å². The van der Waals surface area contributed by atoms with E-state index in [2.05, 4.69) is 4.74 Å². The molecule has 0 atom stereocenters. The molecule has 0 amide bonds. The topological polar surface area (TPSA) is 69.4 Å². The zero-order valence-electron chi connectivity index (χ0n) is 10.3. The zero-order valence-corrected chi connectivity index (χ0v) is 11.1. The molecule has 4 nitrogen and oxygen atoms in total. The van der Waals surface area contributed by atoms with Crippen LogP contribution in [0.1, 0.15) is 22.8 Å². The Morgan fingerprint density at radius 2 is 2.17 bits per heavy atom. The molecule has 1 aromatic carbocycles. The quantitative estimate of drug-likeness (QED) is 0.668. The Labute approximate surface area is 110 Å².